The number of ether oxygens (including phenoxy) is 1. The summed E-state index contributed by atoms with van der Waals surface area (Å²) in [5.41, 5.74) is 7.32. The van der Waals surface area contributed by atoms with E-state index in [-0.39, 0.29) is 0 Å². The summed E-state index contributed by atoms with van der Waals surface area (Å²) >= 11 is 0. The lowest BCUT2D eigenvalue weighted by Gasteiger charge is -2.08. The molecular formula is C13H19N5O. The van der Waals surface area contributed by atoms with Crippen molar-refractivity contribution in [1.29, 1.82) is 0 Å². The van der Waals surface area contributed by atoms with Gasteiger partial charge in [-0.3, -0.25) is 0 Å². The van der Waals surface area contributed by atoms with E-state index >= 15 is 0 Å². The lowest BCUT2D eigenvalue weighted by Crippen LogP contribution is -2.03. The highest BCUT2D eigenvalue weighted by atomic mass is 16.5. The summed E-state index contributed by atoms with van der Waals surface area (Å²) in [6.07, 6.45) is 3.41. The van der Waals surface area contributed by atoms with Crippen LogP contribution >= 0.6 is 0 Å². The largest absolute Gasteiger partial charge is 0.495 e. The molecule has 0 aliphatic heterocycles. The fourth-order valence-electron chi connectivity index (χ4n) is 1.92. The number of anilines is 1. The summed E-state index contributed by atoms with van der Waals surface area (Å²) in [6, 6.07) is 5.57. The number of tetrazole rings is 1. The van der Waals surface area contributed by atoms with Crippen LogP contribution in [0.25, 0.3) is 11.4 Å². The van der Waals surface area contributed by atoms with Gasteiger partial charge in [-0.05, 0) is 35.0 Å². The van der Waals surface area contributed by atoms with Crippen molar-refractivity contribution in [1.82, 2.24) is 20.2 Å². The maximum Gasteiger partial charge on any atom is 0.182 e. The number of nitrogen functional groups attached to an aromatic ring is 1. The van der Waals surface area contributed by atoms with Crippen molar-refractivity contribution >= 4 is 5.69 Å². The SMILES string of the molecule is CCCCCn1nnnc1-c1ccc(N)c(OC)c1. The molecule has 6 nitrogen and oxygen atoms in total. The predicted octanol–water partition coefficient (Wildman–Crippen LogP) is 2.12. The lowest BCUT2D eigenvalue weighted by atomic mass is 10.1. The molecule has 0 radical (unpaired) electrons. The Labute approximate surface area is 112 Å². The van der Waals surface area contributed by atoms with Crippen LogP contribution in [0, 0.1) is 0 Å². The van der Waals surface area contributed by atoms with Crippen molar-refractivity contribution in [3.05, 3.63) is 18.2 Å². The molecule has 6 heteroatoms. The van der Waals surface area contributed by atoms with Crippen LogP contribution in [-0.2, 0) is 6.54 Å². The van der Waals surface area contributed by atoms with Crippen molar-refractivity contribution < 1.29 is 4.74 Å². The van der Waals surface area contributed by atoms with E-state index in [0.29, 0.717) is 11.4 Å². The van der Waals surface area contributed by atoms with Crippen LogP contribution in [0.2, 0.25) is 0 Å². The lowest BCUT2D eigenvalue weighted by molar-refractivity contribution is 0.417. The number of hydrogen-bond donors (Lipinski definition) is 1. The number of methoxy groups -OCH3 is 1. The molecule has 0 saturated carbocycles. The zero-order valence-electron chi connectivity index (χ0n) is 11.3. The van der Waals surface area contributed by atoms with Crippen LogP contribution < -0.4 is 10.5 Å². The Morgan fingerprint density at radius 2 is 2.16 bits per heavy atom. The Hall–Kier alpha value is -2.11. The first-order chi connectivity index (χ1) is 9.26. The highest BCUT2D eigenvalue weighted by Crippen LogP contribution is 2.27. The third-order valence-electron chi connectivity index (χ3n) is 3.00. The Balaban J connectivity index is 2.24. The molecule has 2 rings (SSSR count). The summed E-state index contributed by atoms with van der Waals surface area (Å²) in [5, 5.41) is 11.8. The standard InChI is InChI=1S/C13H19N5O/c1-3-4-5-8-18-13(15-16-17-18)10-6-7-11(14)12(9-10)19-2/h6-7,9H,3-5,8,14H2,1-2H3. The predicted molar refractivity (Wildman–Crippen MR) is 73.7 cm³/mol. The van der Waals surface area contributed by atoms with E-state index in [0.717, 1.165) is 24.4 Å². The minimum atomic E-state index is 0.608. The fraction of sp³-hybridized carbons (Fsp3) is 0.462. The molecule has 1 aromatic heterocycles. The number of rotatable bonds is 6. The minimum Gasteiger partial charge on any atom is -0.495 e. The van der Waals surface area contributed by atoms with Crippen molar-refractivity contribution in [3.8, 4) is 17.1 Å². The summed E-state index contributed by atoms with van der Waals surface area (Å²) in [7, 11) is 1.60. The van der Waals surface area contributed by atoms with Gasteiger partial charge in [-0.1, -0.05) is 19.8 Å². The summed E-state index contributed by atoms with van der Waals surface area (Å²) in [6.45, 7) is 2.99. The van der Waals surface area contributed by atoms with Crippen molar-refractivity contribution in [2.24, 2.45) is 0 Å². The quantitative estimate of drug-likeness (QED) is 0.636. The van der Waals surface area contributed by atoms with Crippen LogP contribution in [0.1, 0.15) is 26.2 Å². The van der Waals surface area contributed by atoms with Gasteiger partial charge in [-0.2, -0.15) is 0 Å². The van der Waals surface area contributed by atoms with Crippen LogP contribution in [0.4, 0.5) is 5.69 Å². The van der Waals surface area contributed by atoms with E-state index in [2.05, 4.69) is 22.4 Å². The second-order valence-corrected chi connectivity index (χ2v) is 4.39. The zero-order chi connectivity index (χ0) is 13.7. The van der Waals surface area contributed by atoms with E-state index in [1.54, 1.807) is 13.2 Å². The molecule has 0 fully saturated rings. The number of unbranched alkanes of at least 4 members (excludes halogenated alkanes) is 2. The molecule has 0 spiro atoms. The number of benzene rings is 1. The van der Waals surface area contributed by atoms with Gasteiger partial charge in [-0.25, -0.2) is 4.68 Å². The van der Waals surface area contributed by atoms with E-state index in [4.69, 9.17) is 10.5 Å². The normalized spacial score (nSPS) is 10.6. The van der Waals surface area contributed by atoms with Gasteiger partial charge in [0.25, 0.3) is 0 Å². The Morgan fingerprint density at radius 3 is 2.89 bits per heavy atom. The average Bonchev–Trinajstić information content (AvgIpc) is 2.88. The van der Waals surface area contributed by atoms with Gasteiger partial charge in [0.2, 0.25) is 0 Å². The molecule has 0 saturated heterocycles. The topological polar surface area (TPSA) is 78.9 Å². The molecule has 0 bridgehead atoms. The van der Waals surface area contributed by atoms with Gasteiger partial charge in [0, 0.05) is 12.1 Å². The van der Waals surface area contributed by atoms with Crippen LogP contribution in [0.15, 0.2) is 18.2 Å². The first kappa shape index (κ1) is 13.3. The molecule has 1 aromatic carbocycles. The number of hydrogen-bond acceptors (Lipinski definition) is 5. The smallest absolute Gasteiger partial charge is 0.182 e. The van der Waals surface area contributed by atoms with Gasteiger partial charge in [0.1, 0.15) is 5.75 Å². The molecule has 102 valence electrons. The van der Waals surface area contributed by atoms with Gasteiger partial charge in [0.15, 0.2) is 5.82 Å². The van der Waals surface area contributed by atoms with Crippen molar-refractivity contribution in [3.63, 3.8) is 0 Å². The van der Waals surface area contributed by atoms with Gasteiger partial charge in [0.05, 0.1) is 12.8 Å². The molecular weight excluding hydrogens is 242 g/mol. The molecule has 0 atom stereocenters. The third kappa shape index (κ3) is 3.01. The first-order valence-electron chi connectivity index (χ1n) is 6.46. The molecule has 0 amide bonds. The van der Waals surface area contributed by atoms with Crippen LogP contribution in [-0.4, -0.2) is 27.3 Å². The van der Waals surface area contributed by atoms with Gasteiger partial charge in [-0.15, -0.1) is 5.10 Å². The molecule has 1 heterocycles. The molecule has 2 aromatic rings. The monoisotopic (exact) mass is 261 g/mol. The van der Waals surface area contributed by atoms with Gasteiger partial charge < -0.3 is 10.5 Å². The van der Waals surface area contributed by atoms with Crippen LogP contribution in [0.5, 0.6) is 5.75 Å². The zero-order valence-corrected chi connectivity index (χ0v) is 11.3. The van der Waals surface area contributed by atoms with Crippen LogP contribution in [0.3, 0.4) is 0 Å². The van der Waals surface area contributed by atoms with E-state index in [9.17, 15) is 0 Å². The molecule has 0 aliphatic carbocycles. The average molecular weight is 261 g/mol. The number of aromatic nitrogens is 4. The summed E-state index contributed by atoms with van der Waals surface area (Å²) < 4.78 is 7.04. The molecule has 0 unspecified atom stereocenters. The number of nitrogens with two attached hydrogens (primary N) is 1. The Morgan fingerprint density at radius 1 is 1.32 bits per heavy atom. The second-order valence-electron chi connectivity index (χ2n) is 4.39. The van der Waals surface area contributed by atoms with E-state index in [1.165, 1.54) is 12.8 Å². The maximum atomic E-state index is 5.81. The highest BCUT2D eigenvalue weighted by Gasteiger charge is 2.10. The minimum absolute atomic E-state index is 0.608. The molecule has 2 N–H and O–H groups in total. The summed E-state index contributed by atoms with van der Waals surface area (Å²) in [4.78, 5) is 0. The maximum absolute atomic E-state index is 5.81. The van der Waals surface area contributed by atoms with Crippen molar-refractivity contribution in [2.45, 2.75) is 32.7 Å². The fourth-order valence-corrected chi connectivity index (χ4v) is 1.92. The Bertz CT molecular complexity index is 538. The van der Waals surface area contributed by atoms with Crippen molar-refractivity contribution in [2.75, 3.05) is 12.8 Å². The highest BCUT2D eigenvalue weighted by molar-refractivity contribution is 5.65. The second kappa shape index (κ2) is 6.17. The number of nitrogens with zero attached hydrogens (tertiary/aromatic N) is 4. The third-order valence-corrected chi connectivity index (χ3v) is 3.00. The molecule has 0 aliphatic rings. The van der Waals surface area contributed by atoms with E-state index in [1.807, 2.05) is 16.8 Å². The first-order valence-corrected chi connectivity index (χ1v) is 6.46. The van der Waals surface area contributed by atoms with Gasteiger partial charge >= 0.3 is 0 Å². The Kier molecular flexibility index (Phi) is 4.33. The molecule has 19 heavy (non-hydrogen) atoms. The van der Waals surface area contributed by atoms with E-state index < -0.39 is 0 Å². The number of aryl methyl sites for hydroxylation is 1. The summed E-state index contributed by atoms with van der Waals surface area (Å²) in [5.74, 6) is 1.38.